The number of nitrogens with one attached hydrogen (secondary N) is 2. The number of fused-ring (bicyclic) bond motifs is 1. The average molecular weight is 454 g/mol. The number of thiophene rings is 1. The van der Waals surface area contributed by atoms with Crippen molar-refractivity contribution >= 4 is 56.6 Å². The van der Waals surface area contributed by atoms with Gasteiger partial charge in [-0.3, -0.25) is 14.4 Å². The predicted octanol–water partition coefficient (Wildman–Crippen LogP) is 3.94. The Bertz CT molecular complexity index is 1170. The summed E-state index contributed by atoms with van der Waals surface area (Å²) in [5, 5.41) is 3.55. The van der Waals surface area contributed by atoms with Crippen LogP contribution < -0.4 is 10.9 Å². The summed E-state index contributed by atoms with van der Waals surface area (Å²) < 4.78 is 5.28. The fraction of sp³-hybridized carbons (Fsp3) is 0.263. The topological polar surface area (TPSA) is 101 Å². The number of esters is 1. The lowest BCUT2D eigenvalue weighted by Gasteiger charge is -2.13. The third-order valence-corrected chi connectivity index (χ3v) is 5.97. The maximum absolute atomic E-state index is 12.3. The Labute approximate surface area is 180 Å². The maximum atomic E-state index is 12.3. The number of aryl methyl sites for hydroxylation is 2. The predicted molar refractivity (Wildman–Crippen MR) is 113 cm³/mol. The molecule has 0 spiro atoms. The van der Waals surface area contributed by atoms with Gasteiger partial charge in [-0.2, -0.15) is 0 Å². The number of ether oxygens (including phenoxy) is 1. The summed E-state index contributed by atoms with van der Waals surface area (Å²) >= 11 is 13.2. The Morgan fingerprint density at radius 1 is 1.31 bits per heavy atom. The van der Waals surface area contributed by atoms with Crippen LogP contribution >= 0.6 is 34.5 Å². The Hall–Kier alpha value is -2.42. The molecule has 152 valence electrons. The van der Waals surface area contributed by atoms with E-state index in [0.29, 0.717) is 15.2 Å². The van der Waals surface area contributed by atoms with Crippen LogP contribution in [0, 0.1) is 13.8 Å². The minimum atomic E-state index is -0.793. The maximum Gasteiger partial charge on any atom is 0.326 e. The van der Waals surface area contributed by atoms with E-state index < -0.39 is 18.0 Å². The third-order valence-electron chi connectivity index (χ3n) is 4.32. The zero-order valence-electron chi connectivity index (χ0n) is 15.8. The third kappa shape index (κ3) is 4.60. The first kappa shape index (κ1) is 21.3. The van der Waals surface area contributed by atoms with Crippen molar-refractivity contribution in [3.63, 3.8) is 0 Å². The Kier molecular flexibility index (Phi) is 6.26. The number of hydrogen-bond donors (Lipinski definition) is 2. The van der Waals surface area contributed by atoms with Gasteiger partial charge in [0.1, 0.15) is 11.4 Å². The molecule has 0 saturated carbocycles. The number of nitrogens with zero attached hydrogens (tertiary/aromatic N) is 1. The van der Waals surface area contributed by atoms with Gasteiger partial charge in [-0.1, -0.05) is 23.2 Å². The van der Waals surface area contributed by atoms with Gasteiger partial charge in [0.25, 0.3) is 11.5 Å². The second kappa shape index (κ2) is 8.52. The molecule has 0 saturated heterocycles. The summed E-state index contributed by atoms with van der Waals surface area (Å²) in [6, 6.07) is 4.42. The summed E-state index contributed by atoms with van der Waals surface area (Å²) in [7, 11) is 0. The van der Waals surface area contributed by atoms with Gasteiger partial charge in [0.2, 0.25) is 0 Å². The first-order chi connectivity index (χ1) is 13.7. The van der Waals surface area contributed by atoms with Crippen molar-refractivity contribution in [1.29, 1.82) is 0 Å². The van der Waals surface area contributed by atoms with Crippen LogP contribution in [-0.4, -0.2) is 28.4 Å². The zero-order chi connectivity index (χ0) is 21.3. The minimum Gasteiger partial charge on any atom is -0.453 e. The van der Waals surface area contributed by atoms with Gasteiger partial charge in [-0.25, -0.2) is 4.98 Å². The van der Waals surface area contributed by atoms with Crippen LogP contribution in [0.5, 0.6) is 0 Å². The molecule has 0 aliphatic heterocycles. The van der Waals surface area contributed by atoms with Crippen LogP contribution in [-0.2, 0) is 9.53 Å². The van der Waals surface area contributed by atoms with Crippen molar-refractivity contribution < 1.29 is 14.3 Å². The number of H-pyrrole nitrogens is 1. The SMILES string of the molecule is Cc1sc2nc([C@H](C)OC(=O)CNC(=O)c3ccc(Cl)cc3Cl)[nH]c(=O)c2c1C. The molecule has 0 radical (unpaired) electrons. The molecule has 7 nitrogen and oxygen atoms in total. The monoisotopic (exact) mass is 453 g/mol. The Balaban J connectivity index is 1.65. The molecule has 2 N–H and O–H groups in total. The number of carbonyl (C=O) groups is 2. The number of amides is 1. The molecule has 1 aromatic carbocycles. The highest BCUT2D eigenvalue weighted by Crippen LogP contribution is 2.27. The second-order valence-corrected chi connectivity index (χ2v) is 8.40. The molecule has 0 aliphatic rings. The summed E-state index contributed by atoms with van der Waals surface area (Å²) in [6.45, 7) is 5.00. The Morgan fingerprint density at radius 2 is 2.03 bits per heavy atom. The fourth-order valence-electron chi connectivity index (χ4n) is 2.68. The van der Waals surface area contributed by atoms with Crippen molar-refractivity contribution in [1.82, 2.24) is 15.3 Å². The van der Waals surface area contributed by atoms with Crippen molar-refractivity contribution in [3.8, 4) is 0 Å². The summed E-state index contributed by atoms with van der Waals surface area (Å²) in [4.78, 5) is 45.3. The van der Waals surface area contributed by atoms with E-state index in [4.69, 9.17) is 27.9 Å². The number of aromatic nitrogens is 2. The van der Waals surface area contributed by atoms with Crippen LogP contribution in [0.4, 0.5) is 0 Å². The largest absolute Gasteiger partial charge is 0.453 e. The van der Waals surface area contributed by atoms with E-state index in [1.165, 1.54) is 29.5 Å². The van der Waals surface area contributed by atoms with E-state index in [1.54, 1.807) is 6.92 Å². The number of hydrogen-bond acceptors (Lipinski definition) is 6. The van der Waals surface area contributed by atoms with Gasteiger partial charge in [-0.15, -0.1) is 11.3 Å². The van der Waals surface area contributed by atoms with Crippen molar-refractivity contribution in [2.75, 3.05) is 6.54 Å². The molecule has 0 bridgehead atoms. The van der Waals surface area contributed by atoms with Crippen LogP contribution in [0.2, 0.25) is 10.0 Å². The average Bonchev–Trinajstić information content (AvgIpc) is 2.94. The van der Waals surface area contributed by atoms with Gasteiger partial charge >= 0.3 is 5.97 Å². The van der Waals surface area contributed by atoms with E-state index in [1.807, 2.05) is 13.8 Å². The van der Waals surface area contributed by atoms with Crippen LogP contribution in [0.3, 0.4) is 0 Å². The lowest BCUT2D eigenvalue weighted by atomic mass is 10.2. The van der Waals surface area contributed by atoms with E-state index in [-0.39, 0.29) is 28.5 Å². The van der Waals surface area contributed by atoms with Crippen molar-refractivity contribution in [2.45, 2.75) is 26.9 Å². The van der Waals surface area contributed by atoms with E-state index in [0.717, 1.165) is 10.4 Å². The van der Waals surface area contributed by atoms with Gasteiger partial charge in [0.05, 0.1) is 16.0 Å². The molecule has 0 fully saturated rings. The first-order valence-electron chi connectivity index (χ1n) is 8.60. The molecule has 2 aromatic heterocycles. The van der Waals surface area contributed by atoms with Crippen LogP contribution in [0.1, 0.15) is 39.7 Å². The molecule has 3 rings (SSSR count). The zero-order valence-corrected chi connectivity index (χ0v) is 18.1. The normalized spacial score (nSPS) is 12.0. The quantitative estimate of drug-likeness (QED) is 0.569. The first-order valence-corrected chi connectivity index (χ1v) is 10.2. The number of aromatic amines is 1. The molecule has 1 atom stereocenters. The number of rotatable bonds is 5. The summed E-state index contributed by atoms with van der Waals surface area (Å²) in [5.41, 5.74) is 0.802. The van der Waals surface area contributed by atoms with Gasteiger partial charge < -0.3 is 15.0 Å². The van der Waals surface area contributed by atoms with E-state index in [9.17, 15) is 14.4 Å². The van der Waals surface area contributed by atoms with Gasteiger partial charge in [-0.05, 0) is 44.5 Å². The highest BCUT2D eigenvalue weighted by Gasteiger charge is 2.19. The highest BCUT2D eigenvalue weighted by molar-refractivity contribution is 7.18. The standard InChI is InChI=1S/C19H17Cl2N3O4S/c1-8-10(3)29-19-15(8)18(27)23-16(24-19)9(2)28-14(25)7-22-17(26)12-5-4-11(20)6-13(12)21/h4-6,9H,7H2,1-3H3,(H,22,26)(H,23,24,27)/t9-/m0/s1. The summed E-state index contributed by atoms with van der Waals surface area (Å²) in [6.07, 6.45) is -0.793. The van der Waals surface area contributed by atoms with E-state index >= 15 is 0 Å². The smallest absolute Gasteiger partial charge is 0.326 e. The molecule has 1 amide bonds. The molecule has 0 unspecified atom stereocenters. The summed E-state index contributed by atoms with van der Waals surface area (Å²) in [5.74, 6) is -0.977. The lowest BCUT2D eigenvalue weighted by molar-refractivity contribution is -0.147. The highest BCUT2D eigenvalue weighted by atomic mass is 35.5. The molecule has 3 aromatic rings. The number of benzene rings is 1. The molecule has 29 heavy (non-hydrogen) atoms. The van der Waals surface area contributed by atoms with Crippen molar-refractivity contribution in [3.05, 3.63) is 60.4 Å². The number of halogens is 2. The molecule has 0 aliphatic carbocycles. The second-order valence-electron chi connectivity index (χ2n) is 6.35. The van der Waals surface area contributed by atoms with E-state index in [2.05, 4.69) is 15.3 Å². The van der Waals surface area contributed by atoms with Crippen LogP contribution in [0.25, 0.3) is 10.2 Å². The van der Waals surface area contributed by atoms with Crippen molar-refractivity contribution in [2.24, 2.45) is 0 Å². The van der Waals surface area contributed by atoms with Gasteiger partial charge in [0, 0.05) is 9.90 Å². The molecular formula is C19H17Cl2N3O4S. The number of carbonyl (C=O) groups excluding carboxylic acids is 2. The fourth-order valence-corrected chi connectivity index (χ4v) is 4.21. The Morgan fingerprint density at radius 3 is 2.72 bits per heavy atom. The van der Waals surface area contributed by atoms with Gasteiger partial charge in [0.15, 0.2) is 11.9 Å². The molecular weight excluding hydrogens is 437 g/mol. The lowest BCUT2D eigenvalue weighted by Crippen LogP contribution is -2.31. The molecule has 2 heterocycles. The minimum absolute atomic E-state index is 0.174. The van der Waals surface area contributed by atoms with Crippen LogP contribution in [0.15, 0.2) is 23.0 Å². The molecule has 10 heteroatoms.